The van der Waals surface area contributed by atoms with Gasteiger partial charge in [0.05, 0.1) is 0 Å². The number of benzene rings is 1. The molecule has 1 aliphatic heterocycles. The summed E-state index contributed by atoms with van der Waals surface area (Å²) in [6, 6.07) is 6.36. The molecule has 17 heavy (non-hydrogen) atoms. The van der Waals surface area contributed by atoms with Gasteiger partial charge in [-0.25, -0.2) is 0 Å². The van der Waals surface area contributed by atoms with E-state index in [1.54, 1.807) is 0 Å². The maximum Gasteiger partial charge on any atom is 0.226 e. The zero-order chi connectivity index (χ0) is 12.3. The van der Waals surface area contributed by atoms with Crippen molar-refractivity contribution in [1.82, 2.24) is 0 Å². The minimum atomic E-state index is 0.290. The van der Waals surface area contributed by atoms with E-state index in [4.69, 9.17) is 0 Å². The average Bonchev–Trinajstić information content (AvgIpc) is 2.72. The molecule has 0 radical (unpaired) electrons. The highest BCUT2D eigenvalue weighted by Gasteiger charge is 2.23. The fourth-order valence-electron chi connectivity index (χ4n) is 2.29. The number of nitrogens with zero attached hydrogens (tertiary/aromatic N) is 1. The smallest absolute Gasteiger partial charge is 0.226 e. The fourth-order valence-corrected chi connectivity index (χ4v) is 2.85. The largest absolute Gasteiger partial charge is 0.312 e. The maximum atomic E-state index is 12.1. The Bertz CT molecular complexity index is 417. The van der Waals surface area contributed by atoms with E-state index in [0.717, 1.165) is 31.5 Å². The van der Waals surface area contributed by atoms with E-state index in [9.17, 15) is 4.79 Å². The molecule has 0 N–H and O–H groups in total. The van der Waals surface area contributed by atoms with Gasteiger partial charge in [0.25, 0.3) is 0 Å². The molecular weight excluding hydrogens is 325 g/mol. The van der Waals surface area contributed by atoms with Gasteiger partial charge in [0.2, 0.25) is 5.91 Å². The van der Waals surface area contributed by atoms with E-state index in [-0.39, 0.29) is 0 Å². The third-order valence-corrected chi connectivity index (χ3v) is 3.90. The second kappa shape index (κ2) is 5.85. The van der Waals surface area contributed by atoms with Crippen LogP contribution < -0.4 is 4.90 Å². The molecular formula is C14H18INO. The summed E-state index contributed by atoms with van der Waals surface area (Å²) in [5.74, 6) is 0.290. The van der Waals surface area contributed by atoms with E-state index >= 15 is 0 Å². The molecule has 0 aromatic heterocycles. The number of hydrogen-bond acceptors (Lipinski definition) is 1. The van der Waals surface area contributed by atoms with E-state index in [0.29, 0.717) is 12.3 Å². The van der Waals surface area contributed by atoms with Crippen LogP contribution in [0, 0.1) is 3.57 Å². The summed E-state index contributed by atoms with van der Waals surface area (Å²) in [4.78, 5) is 14.1. The Balaban J connectivity index is 2.03. The van der Waals surface area contributed by atoms with Crippen molar-refractivity contribution in [3.8, 4) is 0 Å². The molecule has 1 aromatic carbocycles. The van der Waals surface area contributed by atoms with Crippen LogP contribution in [0.2, 0.25) is 0 Å². The summed E-state index contributed by atoms with van der Waals surface area (Å²) in [7, 11) is 0. The van der Waals surface area contributed by atoms with Crippen molar-refractivity contribution >= 4 is 34.2 Å². The van der Waals surface area contributed by atoms with Crippen LogP contribution in [0.25, 0.3) is 0 Å². The van der Waals surface area contributed by atoms with E-state index < -0.39 is 0 Å². The molecule has 2 rings (SSSR count). The quantitative estimate of drug-likeness (QED) is 0.602. The van der Waals surface area contributed by atoms with Crippen molar-refractivity contribution < 1.29 is 4.79 Å². The van der Waals surface area contributed by atoms with Crippen molar-refractivity contribution in [1.29, 1.82) is 0 Å². The zero-order valence-electron chi connectivity index (χ0n) is 10.2. The fraction of sp³-hybridized carbons (Fsp3) is 0.500. The lowest BCUT2D eigenvalue weighted by molar-refractivity contribution is -0.118. The minimum absolute atomic E-state index is 0.290. The highest BCUT2D eigenvalue weighted by molar-refractivity contribution is 14.1. The number of carbonyl (C=O) groups excluding carboxylic acids is 1. The summed E-state index contributed by atoms with van der Waals surface area (Å²) in [6.07, 6.45) is 5.04. The molecule has 1 amide bonds. The first-order valence-corrected chi connectivity index (χ1v) is 7.39. The minimum Gasteiger partial charge on any atom is -0.312 e. The molecule has 0 unspecified atom stereocenters. The van der Waals surface area contributed by atoms with Gasteiger partial charge in [-0.2, -0.15) is 0 Å². The highest BCUT2D eigenvalue weighted by atomic mass is 127. The van der Waals surface area contributed by atoms with Gasteiger partial charge in [-0.3, -0.25) is 4.79 Å². The van der Waals surface area contributed by atoms with Crippen molar-refractivity contribution in [3.63, 3.8) is 0 Å². The Morgan fingerprint density at radius 1 is 1.41 bits per heavy atom. The molecule has 0 atom stereocenters. The molecule has 92 valence electrons. The Morgan fingerprint density at radius 2 is 2.24 bits per heavy atom. The van der Waals surface area contributed by atoms with E-state index in [1.165, 1.54) is 15.6 Å². The number of anilines is 1. The van der Waals surface area contributed by atoms with Gasteiger partial charge in [0.15, 0.2) is 0 Å². The number of amides is 1. The predicted molar refractivity (Wildman–Crippen MR) is 79.4 cm³/mol. The third kappa shape index (κ3) is 3.00. The number of halogens is 1. The van der Waals surface area contributed by atoms with Gasteiger partial charge in [0.1, 0.15) is 0 Å². The van der Waals surface area contributed by atoms with Crippen LogP contribution in [-0.2, 0) is 11.2 Å². The summed E-state index contributed by atoms with van der Waals surface area (Å²) >= 11 is 2.32. The van der Waals surface area contributed by atoms with Gasteiger partial charge < -0.3 is 4.90 Å². The predicted octanol–water partition coefficient (Wildman–Crippen LogP) is 3.76. The number of fused-ring (bicyclic) bond motifs is 1. The lowest BCUT2D eigenvalue weighted by atomic mass is 10.1. The molecule has 0 fully saturated rings. The molecule has 1 aliphatic rings. The van der Waals surface area contributed by atoms with Crippen LogP contribution in [0.3, 0.4) is 0 Å². The first kappa shape index (κ1) is 12.9. The lowest BCUT2D eigenvalue weighted by Crippen LogP contribution is -2.28. The normalized spacial score (nSPS) is 13.9. The Hall–Kier alpha value is -0.580. The van der Waals surface area contributed by atoms with E-state index in [2.05, 4.69) is 47.7 Å². The summed E-state index contributed by atoms with van der Waals surface area (Å²) in [6.45, 7) is 3.03. The second-order valence-corrected chi connectivity index (χ2v) is 5.77. The molecule has 0 spiro atoms. The maximum absolute atomic E-state index is 12.1. The van der Waals surface area contributed by atoms with Crippen LogP contribution in [0.1, 0.15) is 38.2 Å². The third-order valence-electron chi connectivity index (χ3n) is 3.23. The van der Waals surface area contributed by atoms with Gasteiger partial charge in [-0.15, -0.1) is 0 Å². The number of hydrogen-bond donors (Lipinski definition) is 0. The van der Waals surface area contributed by atoms with Crippen molar-refractivity contribution in [2.75, 3.05) is 11.4 Å². The number of carbonyl (C=O) groups is 1. The van der Waals surface area contributed by atoms with Gasteiger partial charge >= 0.3 is 0 Å². The topological polar surface area (TPSA) is 20.3 Å². The lowest BCUT2D eigenvalue weighted by Gasteiger charge is -2.17. The molecule has 0 aliphatic carbocycles. The molecule has 2 nitrogen and oxygen atoms in total. The van der Waals surface area contributed by atoms with Crippen LogP contribution in [0.15, 0.2) is 18.2 Å². The summed E-state index contributed by atoms with van der Waals surface area (Å²) in [5.41, 5.74) is 2.45. The van der Waals surface area contributed by atoms with Crippen LogP contribution >= 0.6 is 22.6 Å². The molecule has 0 saturated carbocycles. The molecule has 1 heterocycles. The summed E-state index contributed by atoms with van der Waals surface area (Å²) in [5, 5.41) is 0. The molecule has 1 aromatic rings. The van der Waals surface area contributed by atoms with Gasteiger partial charge in [-0.05, 0) is 59.2 Å². The van der Waals surface area contributed by atoms with Crippen LogP contribution in [0.5, 0.6) is 0 Å². The van der Waals surface area contributed by atoms with Crippen LogP contribution in [-0.4, -0.2) is 12.5 Å². The van der Waals surface area contributed by atoms with Crippen molar-refractivity contribution in [2.24, 2.45) is 0 Å². The summed E-state index contributed by atoms with van der Waals surface area (Å²) < 4.78 is 1.25. The van der Waals surface area contributed by atoms with Gasteiger partial charge in [-0.1, -0.05) is 19.8 Å². The van der Waals surface area contributed by atoms with Gasteiger partial charge in [0, 0.05) is 22.2 Å². The van der Waals surface area contributed by atoms with Crippen LogP contribution in [0.4, 0.5) is 5.69 Å². The number of unbranched alkanes of at least 4 members (excludes halogenated alkanes) is 2. The van der Waals surface area contributed by atoms with Crippen molar-refractivity contribution in [3.05, 3.63) is 27.3 Å². The Morgan fingerprint density at radius 3 is 3.00 bits per heavy atom. The first-order chi connectivity index (χ1) is 8.22. The zero-order valence-corrected chi connectivity index (χ0v) is 12.4. The number of rotatable bonds is 4. The van der Waals surface area contributed by atoms with E-state index in [1.807, 2.05) is 4.90 Å². The Labute approximate surface area is 117 Å². The first-order valence-electron chi connectivity index (χ1n) is 6.31. The molecule has 0 bridgehead atoms. The molecule has 0 saturated heterocycles. The molecule has 3 heteroatoms. The standard InChI is InChI=1S/C14H18INO/c1-2-3-4-5-14(17)16-9-8-11-10-12(15)6-7-13(11)16/h6-7,10H,2-5,8-9H2,1H3. The average molecular weight is 343 g/mol. The second-order valence-electron chi connectivity index (χ2n) is 4.53. The monoisotopic (exact) mass is 343 g/mol. The van der Waals surface area contributed by atoms with Crippen molar-refractivity contribution in [2.45, 2.75) is 39.0 Å². The highest BCUT2D eigenvalue weighted by Crippen LogP contribution is 2.30. The Kier molecular flexibility index (Phi) is 4.42. The SMILES string of the molecule is CCCCCC(=O)N1CCc2cc(I)ccc21.